The van der Waals surface area contributed by atoms with E-state index in [4.69, 9.17) is 11.6 Å². The Morgan fingerprint density at radius 3 is 2.88 bits per heavy atom. The third-order valence-electron chi connectivity index (χ3n) is 4.33. The molecule has 24 heavy (non-hydrogen) atoms. The number of aliphatic hydroxyl groups is 1. The number of benzene rings is 2. The van der Waals surface area contributed by atoms with E-state index in [0.717, 1.165) is 16.7 Å². The number of β-amino-alcohol motifs (C(OH)–C–C–N with tert-alkyl or cyclic N) is 1. The number of nitrogens with zero attached hydrogens (tertiary/aromatic N) is 3. The predicted octanol–water partition coefficient (Wildman–Crippen LogP) is 2.89. The molecule has 1 saturated heterocycles. The van der Waals surface area contributed by atoms with Crippen molar-refractivity contribution in [3.05, 3.63) is 59.4 Å². The summed E-state index contributed by atoms with van der Waals surface area (Å²) in [6.45, 7) is 0.989. The number of rotatable bonds is 2. The maximum absolute atomic E-state index is 12.5. The van der Waals surface area contributed by atoms with Crippen molar-refractivity contribution < 1.29 is 9.90 Å². The van der Waals surface area contributed by atoms with Gasteiger partial charge in [0.15, 0.2) is 0 Å². The van der Waals surface area contributed by atoms with Crippen molar-refractivity contribution in [1.29, 1.82) is 0 Å². The maximum Gasteiger partial charge on any atom is 0.254 e. The van der Waals surface area contributed by atoms with Crippen molar-refractivity contribution in [2.45, 2.75) is 12.5 Å². The van der Waals surface area contributed by atoms with E-state index in [0.29, 0.717) is 30.1 Å². The van der Waals surface area contributed by atoms with Gasteiger partial charge in [0.1, 0.15) is 6.33 Å². The fourth-order valence-corrected chi connectivity index (χ4v) is 3.27. The number of carbonyl (C=O) groups excluding carboxylic acids is 1. The van der Waals surface area contributed by atoms with Crippen molar-refractivity contribution >= 4 is 28.5 Å². The molecule has 1 amide bonds. The molecule has 5 nitrogen and oxygen atoms in total. The minimum absolute atomic E-state index is 0.0641. The highest BCUT2D eigenvalue weighted by Crippen LogP contribution is 2.23. The van der Waals surface area contributed by atoms with Gasteiger partial charge in [-0.3, -0.25) is 9.36 Å². The quantitative estimate of drug-likeness (QED) is 0.779. The Bertz CT molecular complexity index is 922. The first kappa shape index (κ1) is 15.2. The number of aromatic nitrogens is 2. The van der Waals surface area contributed by atoms with Crippen molar-refractivity contribution in [2.75, 3.05) is 13.1 Å². The molecule has 1 aliphatic heterocycles. The van der Waals surface area contributed by atoms with E-state index < -0.39 is 6.10 Å². The molecule has 4 rings (SSSR count). The van der Waals surface area contributed by atoms with E-state index in [1.54, 1.807) is 23.4 Å². The van der Waals surface area contributed by atoms with Gasteiger partial charge in [0.2, 0.25) is 0 Å². The van der Waals surface area contributed by atoms with Crippen molar-refractivity contribution in [3.63, 3.8) is 0 Å². The first-order valence-corrected chi connectivity index (χ1v) is 8.20. The zero-order valence-corrected chi connectivity index (χ0v) is 13.6. The molecule has 0 spiro atoms. The van der Waals surface area contributed by atoms with Crippen LogP contribution in [-0.4, -0.2) is 44.7 Å². The molecule has 0 aliphatic carbocycles. The molecule has 1 aliphatic rings. The van der Waals surface area contributed by atoms with Gasteiger partial charge in [0, 0.05) is 29.4 Å². The number of aliphatic hydroxyl groups excluding tert-OH is 1. The highest BCUT2D eigenvalue weighted by molar-refractivity contribution is 6.30. The second-order valence-electron chi connectivity index (χ2n) is 5.99. The number of hydrogen-bond donors (Lipinski definition) is 1. The summed E-state index contributed by atoms with van der Waals surface area (Å²) in [6.07, 6.45) is 1.95. The molecule has 2 aromatic carbocycles. The van der Waals surface area contributed by atoms with Crippen molar-refractivity contribution in [1.82, 2.24) is 14.5 Å². The maximum atomic E-state index is 12.5. The summed E-state index contributed by atoms with van der Waals surface area (Å²) in [5.41, 5.74) is 3.18. The lowest BCUT2D eigenvalue weighted by molar-refractivity contribution is 0.0765. The van der Waals surface area contributed by atoms with E-state index in [9.17, 15) is 9.90 Å². The number of halogens is 1. The monoisotopic (exact) mass is 341 g/mol. The first-order valence-electron chi connectivity index (χ1n) is 7.82. The zero-order chi connectivity index (χ0) is 16.7. The van der Waals surface area contributed by atoms with Crippen LogP contribution in [-0.2, 0) is 0 Å². The summed E-state index contributed by atoms with van der Waals surface area (Å²) in [4.78, 5) is 18.6. The first-order chi connectivity index (χ1) is 11.6. The summed E-state index contributed by atoms with van der Waals surface area (Å²) in [6, 6.07) is 13.0. The summed E-state index contributed by atoms with van der Waals surface area (Å²) in [5, 5.41) is 10.3. The fraction of sp³-hybridized carbons (Fsp3) is 0.222. The van der Waals surface area contributed by atoms with Crippen LogP contribution in [0.4, 0.5) is 0 Å². The van der Waals surface area contributed by atoms with Crippen molar-refractivity contribution in [2.24, 2.45) is 0 Å². The Morgan fingerprint density at radius 1 is 1.25 bits per heavy atom. The Balaban J connectivity index is 1.69. The zero-order valence-electron chi connectivity index (χ0n) is 12.9. The fourth-order valence-electron chi connectivity index (χ4n) is 3.09. The van der Waals surface area contributed by atoms with Gasteiger partial charge in [-0.1, -0.05) is 17.7 Å². The number of carbonyl (C=O) groups is 1. The van der Waals surface area contributed by atoms with Crippen LogP contribution < -0.4 is 0 Å². The SMILES string of the molecule is O=C(c1ccc2c(c1)ncn2-c1cccc(Cl)c1)N1CCC(O)C1. The summed E-state index contributed by atoms with van der Waals surface area (Å²) < 4.78 is 1.94. The number of hydrogen-bond acceptors (Lipinski definition) is 3. The standard InChI is InChI=1S/C18H16ClN3O2/c19-13-2-1-3-14(9-13)22-11-20-16-8-12(4-5-17(16)22)18(24)21-7-6-15(23)10-21/h1-5,8-9,11,15,23H,6-7,10H2. The lowest BCUT2D eigenvalue weighted by atomic mass is 10.1. The van der Waals surface area contributed by atoms with Gasteiger partial charge >= 0.3 is 0 Å². The van der Waals surface area contributed by atoms with Gasteiger partial charge < -0.3 is 10.0 Å². The van der Waals surface area contributed by atoms with Gasteiger partial charge in [-0.2, -0.15) is 0 Å². The van der Waals surface area contributed by atoms with Gasteiger partial charge in [0.25, 0.3) is 5.91 Å². The summed E-state index contributed by atoms with van der Waals surface area (Å²) in [7, 11) is 0. The normalized spacial score (nSPS) is 17.6. The minimum Gasteiger partial charge on any atom is -0.391 e. The summed E-state index contributed by atoms with van der Waals surface area (Å²) >= 11 is 6.06. The van der Waals surface area contributed by atoms with E-state index in [2.05, 4.69) is 4.98 Å². The van der Waals surface area contributed by atoms with Crippen LogP contribution in [0.3, 0.4) is 0 Å². The van der Waals surface area contributed by atoms with Gasteiger partial charge in [-0.05, 0) is 42.8 Å². The molecule has 6 heteroatoms. The number of fused-ring (bicyclic) bond motifs is 1. The minimum atomic E-state index is -0.417. The number of amides is 1. The average molecular weight is 342 g/mol. The van der Waals surface area contributed by atoms with E-state index in [1.165, 1.54) is 0 Å². The Morgan fingerprint density at radius 2 is 2.12 bits per heavy atom. The van der Waals surface area contributed by atoms with E-state index >= 15 is 0 Å². The Kier molecular flexibility index (Phi) is 3.75. The largest absolute Gasteiger partial charge is 0.391 e. The van der Waals surface area contributed by atoms with Crippen molar-refractivity contribution in [3.8, 4) is 5.69 Å². The molecule has 0 radical (unpaired) electrons. The Labute approximate surface area is 144 Å². The summed E-state index contributed by atoms with van der Waals surface area (Å²) in [5.74, 6) is -0.0641. The topological polar surface area (TPSA) is 58.4 Å². The highest BCUT2D eigenvalue weighted by atomic mass is 35.5. The smallest absolute Gasteiger partial charge is 0.254 e. The van der Waals surface area contributed by atoms with Gasteiger partial charge in [0.05, 0.1) is 17.1 Å². The highest BCUT2D eigenvalue weighted by Gasteiger charge is 2.25. The second-order valence-corrected chi connectivity index (χ2v) is 6.43. The molecule has 122 valence electrons. The lowest BCUT2D eigenvalue weighted by Crippen LogP contribution is -2.29. The number of likely N-dealkylation sites (tertiary alicyclic amines) is 1. The predicted molar refractivity (Wildman–Crippen MR) is 92.6 cm³/mol. The van der Waals surface area contributed by atoms with Crippen LogP contribution in [0.15, 0.2) is 48.8 Å². The van der Waals surface area contributed by atoms with Crippen LogP contribution in [0.2, 0.25) is 5.02 Å². The molecule has 0 bridgehead atoms. The van der Waals surface area contributed by atoms with Crippen LogP contribution in [0.5, 0.6) is 0 Å². The number of imidazole rings is 1. The second kappa shape index (κ2) is 5.92. The average Bonchev–Trinajstić information content (AvgIpc) is 3.19. The molecule has 3 aromatic rings. The molecular weight excluding hydrogens is 326 g/mol. The third-order valence-corrected chi connectivity index (χ3v) is 4.57. The third kappa shape index (κ3) is 2.66. The van der Waals surface area contributed by atoms with Gasteiger partial charge in [-0.25, -0.2) is 4.98 Å². The molecular formula is C18H16ClN3O2. The molecule has 1 fully saturated rings. The molecule has 1 unspecified atom stereocenters. The van der Waals surface area contributed by atoms with Crippen LogP contribution in [0.25, 0.3) is 16.7 Å². The molecule has 1 N–H and O–H groups in total. The lowest BCUT2D eigenvalue weighted by Gasteiger charge is -2.15. The Hall–Kier alpha value is -2.37. The molecule has 2 heterocycles. The van der Waals surface area contributed by atoms with E-state index in [-0.39, 0.29) is 5.91 Å². The molecule has 0 saturated carbocycles. The van der Waals surface area contributed by atoms with Gasteiger partial charge in [-0.15, -0.1) is 0 Å². The van der Waals surface area contributed by atoms with Crippen LogP contribution in [0, 0.1) is 0 Å². The van der Waals surface area contributed by atoms with Crippen LogP contribution in [0.1, 0.15) is 16.8 Å². The van der Waals surface area contributed by atoms with Crippen LogP contribution >= 0.6 is 11.6 Å². The van der Waals surface area contributed by atoms with E-state index in [1.807, 2.05) is 34.9 Å². The molecule has 1 aromatic heterocycles. The molecule has 1 atom stereocenters.